The number of aromatic hydroxyl groups is 2. The van der Waals surface area contributed by atoms with Gasteiger partial charge in [0.25, 0.3) is 0 Å². The van der Waals surface area contributed by atoms with Gasteiger partial charge in [-0.2, -0.15) is 0 Å². The highest BCUT2D eigenvalue weighted by Crippen LogP contribution is 2.42. The number of piperidine rings is 1. The van der Waals surface area contributed by atoms with E-state index < -0.39 is 29.3 Å². The van der Waals surface area contributed by atoms with Crippen molar-refractivity contribution >= 4 is 22.3 Å². The maximum Gasteiger partial charge on any atom is 0.202 e. The second-order valence-electron chi connectivity index (χ2n) is 8.01. The summed E-state index contributed by atoms with van der Waals surface area (Å²) in [5, 5.41) is 42.4. The number of hydrogen-bond acceptors (Lipinski definition) is 8. The number of likely N-dealkylation sites (tertiary alicyclic amines) is 1. The first-order chi connectivity index (χ1) is 14.2. The van der Waals surface area contributed by atoms with Gasteiger partial charge in [-0.1, -0.05) is 0 Å². The van der Waals surface area contributed by atoms with Crippen LogP contribution in [0.3, 0.4) is 0 Å². The number of nitrogens with zero attached hydrogens (tertiary/aromatic N) is 1. The molecule has 3 unspecified atom stereocenters. The molecule has 0 amide bonds. The standard InChI is InChI=1S/C22H25NO6S/c1-10-4-5-16(30-10)20(27)17-11(2)29-22-18(12-6-7-23(3)9-15(12)26)13(24)8-14(25)19(22)21(17)28/h4-5,8,12,15,20,24-27H,6-7,9H2,1-3H3. The van der Waals surface area contributed by atoms with Crippen LogP contribution in [0, 0.1) is 13.8 Å². The van der Waals surface area contributed by atoms with Crippen LogP contribution >= 0.6 is 11.3 Å². The summed E-state index contributed by atoms with van der Waals surface area (Å²) in [7, 11) is 1.90. The first-order valence-electron chi connectivity index (χ1n) is 9.82. The molecule has 3 heterocycles. The van der Waals surface area contributed by atoms with Gasteiger partial charge in [-0.05, 0) is 46.0 Å². The summed E-state index contributed by atoms with van der Waals surface area (Å²) in [6.45, 7) is 4.62. The Balaban J connectivity index is 1.94. The molecular formula is C22H25NO6S. The molecule has 4 rings (SSSR count). The average Bonchev–Trinajstić information content (AvgIpc) is 3.09. The van der Waals surface area contributed by atoms with E-state index in [2.05, 4.69) is 0 Å². The van der Waals surface area contributed by atoms with Crippen LogP contribution in [0.1, 0.15) is 45.1 Å². The van der Waals surface area contributed by atoms with E-state index in [0.29, 0.717) is 30.0 Å². The zero-order chi connectivity index (χ0) is 21.7. The van der Waals surface area contributed by atoms with Gasteiger partial charge in [-0.25, -0.2) is 0 Å². The van der Waals surface area contributed by atoms with Crippen LogP contribution in [-0.4, -0.2) is 51.6 Å². The number of rotatable bonds is 3. The predicted octanol–water partition coefficient (Wildman–Crippen LogP) is 2.74. The minimum absolute atomic E-state index is 0.0558. The van der Waals surface area contributed by atoms with E-state index in [1.165, 1.54) is 11.3 Å². The van der Waals surface area contributed by atoms with Gasteiger partial charge in [0.05, 0.1) is 11.7 Å². The predicted molar refractivity (Wildman–Crippen MR) is 115 cm³/mol. The number of likely N-dealkylation sites (N-methyl/N-ethyl adjacent to an activating group) is 1. The van der Waals surface area contributed by atoms with E-state index in [9.17, 15) is 25.2 Å². The summed E-state index contributed by atoms with van der Waals surface area (Å²) in [5.74, 6) is -0.876. The van der Waals surface area contributed by atoms with Gasteiger partial charge >= 0.3 is 0 Å². The number of benzene rings is 1. The van der Waals surface area contributed by atoms with Crippen LogP contribution in [-0.2, 0) is 0 Å². The van der Waals surface area contributed by atoms with E-state index in [1.54, 1.807) is 13.0 Å². The Morgan fingerprint density at radius 1 is 1.23 bits per heavy atom. The molecule has 0 saturated carbocycles. The second kappa shape index (κ2) is 7.70. The Bertz CT molecular complexity index is 1170. The van der Waals surface area contributed by atoms with Crippen molar-refractivity contribution in [2.75, 3.05) is 20.1 Å². The van der Waals surface area contributed by atoms with Crippen molar-refractivity contribution < 1.29 is 24.8 Å². The fourth-order valence-electron chi connectivity index (χ4n) is 4.32. The molecule has 2 aromatic heterocycles. The molecule has 1 saturated heterocycles. The van der Waals surface area contributed by atoms with Crippen molar-refractivity contribution in [2.45, 2.75) is 38.4 Å². The molecule has 3 atom stereocenters. The van der Waals surface area contributed by atoms with Gasteiger partial charge in [-0.15, -0.1) is 11.3 Å². The SMILES string of the molecule is Cc1ccc(C(O)c2c(C)oc3c(C4CCN(C)CC4O)c(O)cc(O)c3c2=O)s1. The normalized spacial score (nSPS) is 21.2. The van der Waals surface area contributed by atoms with Crippen molar-refractivity contribution in [1.29, 1.82) is 0 Å². The third-order valence-electron chi connectivity index (χ3n) is 5.84. The van der Waals surface area contributed by atoms with Gasteiger partial charge in [0, 0.05) is 33.8 Å². The number of aryl methyl sites for hydroxylation is 2. The largest absolute Gasteiger partial charge is 0.507 e. The van der Waals surface area contributed by atoms with Gasteiger partial charge in [0.15, 0.2) is 0 Å². The van der Waals surface area contributed by atoms with E-state index in [4.69, 9.17) is 4.42 Å². The molecule has 1 aromatic carbocycles. The van der Waals surface area contributed by atoms with Crippen molar-refractivity contribution in [3.05, 3.63) is 55.1 Å². The number of hydrogen-bond donors (Lipinski definition) is 4. The maximum absolute atomic E-state index is 13.3. The molecule has 1 aliphatic rings. The summed E-state index contributed by atoms with van der Waals surface area (Å²) in [4.78, 5) is 16.9. The first kappa shape index (κ1) is 20.9. The molecule has 160 valence electrons. The summed E-state index contributed by atoms with van der Waals surface area (Å²) in [6, 6.07) is 4.72. The Morgan fingerprint density at radius 2 is 1.97 bits per heavy atom. The summed E-state index contributed by atoms with van der Waals surface area (Å²) in [5.41, 5.74) is -0.118. The van der Waals surface area contributed by atoms with Crippen molar-refractivity contribution in [2.24, 2.45) is 0 Å². The Kier molecular flexibility index (Phi) is 5.36. The Hall–Kier alpha value is -2.39. The number of phenols is 2. The number of fused-ring (bicyclic) bond motifs is 1. The Labute approximate surface area is 177 Å². The molecule has 3 aromatic rings. The van der Waals surface area contributed by atoms with Gasteiger partial charge < -0.3 is 29.7 Å². The molecule has 8 heteroatoms. The van der Waals surface area contributed by atoms with Crippen LogP contribution < -0.4 is 5.43 Å². The molecule has 1 fully saturated rings. The Morgan fingerprint density at radius 3 is 2.60 bits per heavy atom. The van der Waals surface area contributed by atoms with Gasteiger partial charge in [0.1, 0.15) is 34.3 Å². The third kappa shape index (κ3) is 3.39. The topological polar surface area (TPSA) is 114 Å². The lowest BCUT2D eigenvalue weighted by Gasteiger charge is -2.34. The highest BCUT2D eigenvalue weighted by molar-refractivity contribution is 7.12. The van der Waals surface area contributed by atoms with Crippen LogP contribution in [0.5, 0.6) is 11.5 Å². The monoisotopic (exact) mass is 431 g/mol. The molecular weight excluding hydrogens is 406 g/mol. The number of aliphatic hydroxyl groups is 2. The lowest BCUT2D eigenvalue weighted by Crippen LogP contribution is -2.40. The zero-order valence-electron chi connectivity index (χ0n) is 17.0. The average molecular weight is 432 g/mol. The summed E-state index contributed by atoms with van der Waals surface area (Å²) < 4.78 is 5.94. The molecule has 30 heavy (non-hydrogen) atoms. The molecule has 7 nitrogen and oxygen atoms in total. The van der Waals surface area contributed by atoms with E-state index >= 15 is 0 Å². The number of thiophene rings is 1. The quantitative estimate of drug-likeness (QED) is 0.504. The van der Waals surface area contributed by atoms with E-state index in [0.717, 1.165) is 10.9 Å². The fourth-order valence-corrected chi connectivity index (χ4v) is 5.19. The second-order valence-corrected chi connectivity index (χ2v) is 9.33. The number of aliphatic hydroxyl groups excluding tert-OH is 2. The third-order valence-corrected chi connectivity index (χ3v) is 6.90. The number of phenolic OH excluding ortho intramolecular Hbond substituents is 2. The highest BCUT2D eigenvalue weighted by Gasteiger charge is 2.34. The van der Waals surface area contributed by atoms with E-state index in [-0.39, 0.29) is 28.0 Å². The molecule has 4 N–H and O–H groups in total. The fraction of sp³-hybridized carbons (Fsp3) is 0.409. The van der Waals surface area contributed by atoms with Crippen molar-refractivity contribution in [3.63, 3.8) is 0 Å². The lowest BCUT2D eigenvalue weighted by molar-refractivity contribution is 0.0630. The van der Waals surface area contributed by atoms with Crippen LogP contribution in [0.15, 0.2) is 27.4 Å². The molecule has 0 radical (unpaired) electrons. The summed E-state index contributed by atoms with van der Waals surface area (Å²) in [6.07, 6.45) is -1.38. The van der Waals surface area contributed by atoms with Gasteiger partial charge in [-0.3, -0.25) is 4.79 Å². The van der Waals surface area contributed by atoms with Crippen LogP contribution in [0.2, 0.25) is 0 Å². The van der Waals surface area contributed by atoms with Crippen molar-refractivity contribution in [3.8, 4) is 11.5 Å². The highest BCUT2D eigenvalue weighted by atomic mass is 32.1. The lowest BCUT2D eigenvalue weighted by atomic mass is 9.85. The van der Waals surface area contributed by atoms with Gasteiger partial charge in [0.2, 0.25) is 5.43 Å². The summed E-state index contributed by atoms with van der Waals surface area (Å²) >= 11 is 1.38. The molecule has 1 aliphatic heterocycles. The van der Waals surface area contributed by atoms with Crippen molar-refractivity contribution in [1.82, 2.24) is 4.90 Å². The minimum Gasteiger partial charge on any atom is -0.507 e. The minimum atomic E-state index is -1.19. The smallest absolute Gasteiger partial charge is 0.202 e. The maximum atomic E-state index is 13.3. The zero-order valence-corrected chi connectivity index (χ0v) is 17.9. The molecule has 0 spiro atoms. The first-order valence-corrected chi connectivity index (χ1v) is 10.6. The van der Waals surface area contributed by atoms with E-state index in [1.807, 2.05) is 24.9 Å². The van der Waals surface area contributed by atoms with Crippen LogP contribution in [0.25, 0.3) is 11.0 Å². The molecule has 0 aliphatic carbocycles. The number of β-amino-alcohol motifs (C(OH)–C–C–N with tert-alkyl or cyclic N) is 1. The van der Waals surface area contributed by atoms with Crippen LogP contribution in [0.4, 0.5) is 0 Å². The molecule has 0 bridgehead atoms.